The van der Waals surface area contributed by atoms with Gasteiger partial charge in [0.1, 0.15) is 10.8 Å². The molecule has 0 saturated carbocycles. The van der Waals surface area contributed by atoms with Crippen LogP contribution in [0.15, 0.2) is 47.3 Å². The first-order chi connectivity index (χ1) is 10.3. The van der Waals surface area contributed by atoms with Crippen molar-refractivity contribution in [3.63, 3.8) is 0 Å². The molecule has 1 aromatic carbocycles. The van der Waals surface area contributed by atoms with Gasteiger partial charge in [-0.1, -0.05) is 12.1 Å². The minimum atomic E-state index is -0.197. The van der Waals surface area contributed by atoms with E-state index in [1.165, 1.54) is 22.6 Å². The lowest BCUT2D eigenvalue weighted by Crippen LogP contribution is -2.33. The number of hydrogen-bond donors (Lipinski definition) is 1. The Morgan fingerprint density at radius 2 is 1.95 bits per heavy atom. The summed E-state index contributed by atoms with van der Waals surface area (Å²) in [7, 11) is 0. The monoisotopic (exact) mass is 316 g/mol. The standard InChI is InChI=1S/C16H13FN2S2/c17-12-3-1-10(2-4-12)14-15-11(5-7-20-15)9-13(19-14)16-18-6-8-21-16/h1-8,13-14,19H,9H2/t13-,14-/m0/s1. The highest BCUT2D eigenvalue weighted by Gasteiger charge is 2.30. The molecule has 5 heteroatoms. The molecular weight excluding hydrogens is 303 g/mol. The zero-order valence-electron chi connectivity index (χ0n) is 11.1. The average molecular weight is 316 g/mol. The minimum Gasteiger partial charge on any atom is -0.296 e. The highest BCUT2D eigenvalue weighted by atomic mass is 32.1. The number of thiophene rings is 1. The van der Waals surface area contributed by atoms with Crippen molar-refractivity contribution in [1.82, 2.24) is 10.3 Å². The van der Waals surface area contributed by atoms with Gasteiger partial charge in [0.05, 0.1) is 12.1 Å². The fraction of sp³-hybridized carbons (Fsp3) is 0.188. The predicted octanol–water partition coefficient (Wildman–Crippen LogP) is 4.32. The minimum absolute atomic E-state index is 0.114. The lowest BCUT2D eigenvalue weighted by Gasteiger charge is -2.30. The van der Waals surface area contributed by atoms with E-state index in [1.807, 2.05) is 23.7 Å². The fourth-order valence-electron chi connectivity index (χ4n) is 2.79. The summed E-state index contributed by atoms with van der Waals surface area (Å²) < 4.78 is 13.2. The third-order valence-corrected chi connectivity index (χ3v) is 5.70. The van der Waals surface area contributed by atoms with Gasteiger partial charge in [-0.25, -0.2) is 9.37 Å². The van der Waals surface area contributed by atoms with Crippen LogP contribution in [0.25, 0.3) is 0 Å². The van der Waals surface area contributed by atoms with Crippen molar-refractivity contribution in [2.45, 2.75) is 18.5 Å². The topological polar surface area (TPSA) is 24.9 Å². The Morgan fingerprint density at radius 3 is 2.71 bits per heavy atom. The number of aromatic nitrogens is 1. The third-order valence-electron chi connectivity index (χ3n) is 3.79. The Balaban J connectivity index is 1.74. The van der Waals surface area contributed by atoms with Gasteiger partial charge >= 0.3 is 0 Å². The van der Waals surface area contributed by atoms with E-state index in [0.29, 0.717) is 0 Å². The summed E-state index contributed by atoms with van der Waals surface area (Å²) in [5.41, 5.74) is 2.47. The smallest absolute Gasteiger partial charge is 0.123 e. The van der Waals surface area contributed by atoms with Crippen LogP contribution in [0.1, 0.15) is 33.1 Å². The van der Waals surface area contributed by atoms with Gasteiger partial charge in [-0.15, -0.1) is 22.7 Å². The number of nitrogens with zero attached hydrogens (tertiary/aromatic N) is 1. The van der Waals surface area contributed by atoms with E-state index in [1.54, 1.807) is 22.7 Å². The molecular formula is C16H13FN2S2. The summed E-state index contributed by atoms with van der Waals surface area (Å²) in [6.07, 6.45) is 2.81. The second kappa shape index (κ2) is 5.33. The molecule has 0 radical (unpaired) electrons. The first kappa shape index (κ1) is 13.1. The molecule has 0 amide bonds. The van der Waals surface area contributed by atoms with Crippen LogP contribution >= 0.6 is 22.7 Å². The Hall–Kier alpha value is -1.56. The van der Waals surface area contributed by atoms with Crippen LogP contribution in [0.2, 0.25) is 0 Å². The zero-order chi connectivity index (χ0) is 14.2. The van der Waals surface area contributed by atoms with Gasteiger partial charge in [0.25, 0.3) is 0 Å². The molecule has 0 fully saturated rings. The molecule has 3 heterocycles. The molecule has 0 saturated heterocycles. The Labute approximate surface area is 130 Å². The normalized spacial score (nSPS) is 21.2. The van der Waals surface area contributed by atoms with Crippen LogP contribution in [-0.2, 0) is 6.42 Å². The predicted molar refractivity (Wildman–Crippen MR) is 84.3 cm³/mol. The van der Waals surface area contributed by atoms with Crippen molar-refractivity contribution < 1.29 is 4.39 Å². The maximum Gasteiger partial charge on any atom is 0.123 e. The fourth-order valence-corrected chi connectivity index (χ4v) is 4.51. The van der Waals surface area contributed by atoms with Crippen LogP contribution in [0.4, 0.5) is 4.39 Å². The molecule has 0 unspecified atom stereocenters. The van der Waals surface area contributed by atoms with E-state index in [4.69, 9.17) is 0 Å². The van der Waals surface area contributed by atoms with Crippen molar-refractivity contribution in [2.24, 2.45) is 0 Å². The van der Waals surface area contributed by atoms with Gasteiger partial charge < -0.3 is 0 Å². The van der Waals surface area contributed by atoms with E-state index in [0.717, 1.165) is 17.0 Å². The quantitative estimate of drug-likeness (QED) is 0.761. The maximum absolute atomic E-state index is 13.2. The summed E-state index contributed by atoms with van der Waals surface area (Å²) >= 11 is 3.43. The summed E-state index contributed by atoms with van der Waals surface area (Å²) in [4.78, 5) is 5.77. The lowest BCUT2D eigenvalue weighted by atomic mass is 9.93. The summed E-state index contributed by atoms with van der Waals surface area (Å²) in [6, 6.07) is 9.30. The number of benzene rings is 1. The van der Waals surface area contributed by atoms with E-state index in [-0.39, 0.29) is 17.9 Å². The van der Waals surface area contributed by atoms with Gasteiger partial charge in [-0.3, -0.25) is 5.32 Å². The first-order valence-corrected chi connectivity index (χ1v) is 8.54. The summed E-state index contributed by atoms with van der Waals surface area (Å²) in [6.45, 7) is 0. The lowest BCUT2D eigenvalue weighted by molar-refractivity contribution is 0.456. The molecule has 0 aliphatic carbocycles. The second-order valence-electron chi connectivity index (χ2n) is 5.09. The van der Waals surface area contributed by atoms with Crippen LogP contribution in [0, 0.1) is 5.82 Å². The highest BCUT2D eigenvalue weighted by Crippen LogP contribution is 2.39. The summed E-state index contributed by atoms with van der Waals surface area (Å²) in [5, 5.41) is 8.92. The number of thiazole rings is 1. The Kier molecular flexibility index (Phi) is 3.33. The molecule has 106 valence electrons. The van der Waals surface area contributed by atoms with Crippen LogP contribution in [0.3, 0.4) is 0 Å². The number of nitrogens with one attached hydrogen (secondary N) is 1. The molecule has 1 aliphatic rings. The third kappa shape index (κ3) is 2.41. The van der Waals surface area contributed by atoms with Crippen molar-refractivity contribution >= 4 is 22.7 Å². The van der Waals surface area contributed by atoms with Crippen LogP contribution < -0.4 is 5.32 Å². The molecule has 4 rings (SSSR count). The SMILES string of the molecule is Fc1ccc([C@@H]2N[C@H](c3nccs3)Cc3ccsc32)cc1. The highest BCUT2D eigenvalue weighted by molar-refractivity contribution is 7.10. The van der Waals surface area contributed by atoms with Crippen LogP contribution in [0.5, 0.6) is 0 Å². The Morgan fingerprint density at radius 1 is 1.10 bits per heavy atom. The van der Waals surface area contributed by atoms with Gasteiger partial charge in [0.15, 0.2) is 0 Å². The van der Waals surface area contributed by atoms with Crippen molar-refractivity contribution in [3.8, 4) is 0 Å². The van der Waals surface area contributed by atoms with E-state index in [2.05, 4.69) is 21.7 Å². The Bertz CT molecular complexity index is 734. The van der Waals surface area contributed by atoms with Crippen LogP contribution in [-0.4, -0.2) is 4.98 Å². The van der Waals surface area contributed by atoms with Gasteiger partial charge in [-0.2, -0.15) is 0 Å². The molecule has 21 heavy (non-hydrogen) atoms. The molecule has 2 aromatic heterocycles. The molecule has 1 N–H and O–H groups in total. The number of rotatable bonds is 2. The molecule has 0 spiro atoms. The van der Waals surface area contributed by atoms with E-state index in [9.17, 15) is 4.39 Å². The molecule has 0 bridgehead atoms. The van der Waals surface area contributed by atoms with Crippen molar-refractivity contribution in [1.29, 1.82) is 0 Å². The second-order valence-corrected chi connectivity index (χ2v) is 6.96. The van der Waals surface area contributed by atoms with Crippen molar-refractivity contribution in [3.05, 3.63) is 74.1 Å². The average Bonchev–Trinajstić information content (AvgIpc) is 3.18. The summed E-state index contributed by atoms with van der Waals surface area (Å²) in [5.74, 6) is -0.197. The number of hydrogen-bond acceptors (Lipinski definition) is 4. The van der Waals surface area contributed by atoms with Gasteiger partial charge in [0.2, 0.25) is 0 Å². The van der Waals surface area contributed by atoms with Gasteiger partial charge in [-0.05, 0) is 41.1 Å². The van der Waals surface area contributed by atoms with Crippen molar-refractivity contribution in [2.75, 3.05) is 0 Å². The molecule has 2 nitrogen and oxygen atoms in total. The van der Waals surface area contributed by atoms with E-state index >= 15 is 0 Å². The number of halogens is 1. The van der Waals surface area contributed by atoms with Gasteiger partial charge in [0, 0.05) is 16.5 Å². The van der Waals surface area contributed by atoms with E-state index < -0.39 is 0 Å². The maximum atomic E-state index is 13.2. The number of fused-ring (bicyclic) bond motifs is 1. The molecule has 3 aromatic rings. The largest absolute Gasteiger partial charge is 0.296 e. The molecule has 1 aliphatic heterocycles. The first-order valence-electron chi connectivity index (χ1n) is 6.78. The molecule has 2 atom stereocenters. The zero-order valence-corrected chi connectivity index (χ0v) is 12.8.